The van der Waals surface area contributed by atoms with E-state index in [4.69, 9.17) is 14.8 Å². The zero-order valence-corrected chi connectivity index (χ0v) is 28.2. The molecule has 10 nitrogen and oxygen atoms in total. The van der Waals surface area contributed by atoms with Crippen molar-refractivity contribution in [1.82, 2.24) is 19.7 Å². The molecule has 0 atom stereocenters. The molecular formula is C38H38N6O4S. The Hall–Kier alpha value is -4.77. The second-order valence-electron chi connectivity index (χ2n) is 14.7. The molecule has 0 radical (unpaired) electrons. The molecule has 4 saturated carbocycles. The highest BCUT2D eigenvalue weighted by Crippen LogP contribution is 2.60. The fourth-order valence-electron chi connectivity index (χ4n) is 9.72. The number of thiazole rings is 1. The maximum Gasteiger partial charge on any atom is 0.512 e. The van der Waals surface area contributed by atoms with Crippen LogP contribution < -0.4 is 15.0 Å². The third-order valence-electron chi connectivity index (χ3n) is 11.4. The van der Waals surface area contributed by atoms with Crippen LogP contribution in [0.15, 0.2) is 60.8 Å². The number of carbonyl (C=O) groups excluding carboxylic acids is 1. The van der Waals surface area contributed by atoms with Crippen LogP contribution in [0.25, 0.3) is 21.3 Å². The van der Waals surface area contributed by atoms with Crippen molar-refractivity contribution in [2.24, 2.45) is 23.2 Å². The number of carboxylic acid groups (broad SMARTS) is 1. The van der Waals surface area contributed by atoms with Crippen LogP contribution in [0.5, 0.6) is 5.88 Å². The molecule has 0 spiro atoms. The largest absolute Gasteiger partial charge is 0.512 e. The van der Waals surface area contributed by atoms with Crippen molar-refractivity contribution in [3.8, 4) is 17.0 Å². The number of aromatic nitrogens is 4. The van der Waals surface area contributed by atoms with Gasteiger partial charge in [0.1, 0.15) is 5.82 Å². The molecule has 1 aliphatic heterocycles. The molecule has 4 aliphatic carbocycles. The van der Waals surface area contributed by atoms with Crippen LogP contribution in [-0.4, -0.2) is 43.5 Å². The van der Waals surface area contributed by atoms with E-state index in [0.29, 0.717) is 47.0 Å². The number of hydrogen-bond acceptors (Lipinski definition) is 8. The molecule has 11 heteroatoms. The van der Waals surface area contributed by atoms with Gasteiger partial charge in [0, 0.05) is 42.0 Å². The minimum Gasteiger partial charge on any atom is -0.449 e. The first-order valence-corrected chi connectivity index (χ1v) is 18.1. The van der Waals surface area contributed by atoms with Crippen LogP contribution in [0.3, 0.4) is 0 Å². The van der Waals surface area contributed by atoms with Crippen molar-refractivity contribution in [3.05, 3.63) is 83.2 Å². The van der Waals surface area contributed by atoms with E-state index in [0.717, 1.165) is 56.9 Å². The average molecular weight is 675 g/mol. The number of anilines is 2. The van der Waals surface area contributed by atoms with Crippen molar-refractivity contribution in [2.75, 3.05) is 16.8 Å². The maximum absolute atomic E-state index is 13.5. The Morgan fingerprint density at radius 3 is 2.51 bits per heavy atom. The Labute approximate surface area is 288 Å². The number of rotatable bonds is 7. The van der Waals surface area contributed by atoms with Gasteiger partial charge in [0.2, 0.25) is 5.88 Å². The first-order valence-electron chi connectivity index (χ1n) is 17.3. The summed E-state index contributed by atoms with van der Waals surface area (Å²) in [4.78, 5) is 36.8. The number of nitrogens with zero attached hydrogens (tertiary/aromatic N) is 5. The number of nitrogens with one attached hydrogen (secondary N) is 1. The van der Waals surface area contributed by atoms with E-state index < -0.39 is 6.16 Å². The van der Waals surface area contributed by atoms with Gasteiger partial charge >= 0.3 is 6.16 Å². The molecule has 250 valence electrons. The number of amides is 1. The summed E-state index contributed by atoms with van der Waals surface area (Å²) >= 11 is 1.45. The van der Waals surface area contributed by atoms with Gasteiger partial charge in [-0.05, 0) is 116 Å². The first kappa shape index (κ1) is 30.3. The fourth-order valence-corrected chi connectivity index (χ4v) is 10.6. The minimum absolute atomic E-state index is 0.0371. The SMILES string of the molecule is Cc1c(-c2ccc(N3CCc4cccc(C(=O)Nc5nc6ccccc6s5)c4C3)nc2OC(=O)O)cnn1CC12CC3CC(CC(C3)C1)C2. The predicted octanol–water partition coefficient (Wildman–Crippen LogP) is 7.95. The zero-order valence-electron chi connectivity index (χ0n) is 27.4. The number of benzene rings is 2. The summed E-state index contributed by atoms with van der Waals surface area (Å²) in [5.41, 5.74) is 6.21. The monoisotopic (exact) mass is 674 g/mol. The molecule has 3 aromatic heterocycles. The molecule has 0 unspecified atom stereocenters. The fraction of sp³-hybridized carbons (Fsp3) is 0.395. The Morgan fingerprint density at radius 2 is 1.76 bits per heavy atom. The quantitative estimate of drug-likeness (QED) is 0.167. The van der Waals surface area contributed by atoms with Gasteiger partial charge in [-0.3, -0.25) is 14.8 Å². The van der Waals surface area contributed by atoms with E-state index in [-0.39, 0.29) is 11.8 Å². The normalized spacial score (nSPS) is 23.9. The third kappa shape index (κ3) is 5.53. The Bertz CT molecular complexity index is 2050. The van der Waals surface area contributed by atoms with E-state index >= 15 is 0 Å². The van der Waals surface area contributed by atoms with Crippen LogP contribution in [0, 0.1) is 30.1 Å². The van der Waals surface area contributed by atoms with Gasteiger partial charge < -0.3 is 14.7 Å². The topological polar surface area (TPSA) is 122 Å². The second kappa shape index (κ2) is 11.7. The van der Waals surface area contributed by atoms with Crippen molar-refractivity contribution >= 4 is 44.6 Å². The number of hydrogen-bond donors (Lipinski definition) is 2. The Morgan fingerprint density at radius 1 is 0.980 bits per heavy atom. The van der Waals surface area contributed by atoms with Gasteiger partial charge in [0.25, 0.3) is 5.91 Å². The molecule has 2 aromatic carbocycles. The molecular weight excluding hydrogens is 637 g/mol. The summed E-state index contributed by atoms with van der Waals surface area (Å²) in [5.74, 6) is 3.00. The van der Waals surface area contributed by atoms with E-state index in [2.05, 4.69) is 32.9 Å². The van der Waals surface area contributed by atoms with Crippen molar-refractivity contribution in [3.63, 3.8) is 0 Å². The molecule has 49 heavy (non-hydrogen) atoms. The van der Waals surface area contributed by atoms with Crippen molar-refractivity contribution < 1.29 is 19.4 Å². The molecule has 1 amide bonds. The van der Waals surface area contributed by atoms with Gasteiger partial charge in [0.05, 0.1) is 16.4 Å². The molecule has 5 aromatic rings. The summed E-state index contributed by atoms with van der Waals surface area (Å²) in [6.07, 6.45) is 9.21. The second-order valence-corrected chi connectivity index (χ2v) is 15.7. The number of fused-ring (bicyclic) bond motifs is 2. The number of para-hydroxylation sites is 1. The van der Waals surface area contributed by atoms with Crippen molar-refractivity contribution in [1.29, 1.82) is 0 Å². The molecule has 4 bridgehead atoms. The van der Waals surface area contributed by atoms with E-state index in [1.165, 1.54) is 49.9 Å². The van der Waals surface area contributed by atoms with Crippen LogP contribution in [0.4, 0.5) is 15.7 Å². The lowest BCUT2D eigenvalue weighted by Gasteiger charge is -2.56. The van der Waals surface area contributed by atoms with Crippen LogP contribution in [0.1, 0.15) is 65.7 Å². The maximum atomic E-state index is 13.5. The number of pyridine rings is 1. The molecule has 4 fully saturated rings. The standard InChI is InChI=1S/C38H38N6O4S/c1-22-29(19-39-44(22)21-38-16-23-13-24(17-38)15-25(14-23)18-38)28-9-10-33(41-35(28)48-37(46)47)43-12-11-26-5-4-6-27(30(26)20-43)34(45)42-36-40-31-7-2-3-8-32(31)49-36/h2-10,19,23-25H,11-18,20-21H2,1H3,(H,46,47)(H,40,42,45). The van der Waals surface area contributed by atoms with Crippen LogP contribution >= 0.6 is 11.3 Å². The number of carbonyl (C=O) groups is 2. The smallest absolute Gasteiger partial charge is 0.449 e. The summed E-state index contributed by atoms with van der Waals surface area (Å²) in [7, 11) is 0. The van der Waals surface area contributed by atoms with Crippen LogP contribution in [0.2, 0.25) is 0 Å². The minimum atomic E-state index is -1.41. The highest BCUT2D eigenvalue weighted by Gasteiger charge is 2.51. The highest BCUT2D eigenvalue weighted by atomic mass is 32.1. The third-order valence-corrected chi connectivity index (χ3v) is 12.4. The Kier molecular flexibility index (Phi) is 7.23. The molecule has 10 rings (SSSR count). The molecule has 5 aliphatic rings. The van der Waals surface area contributed by atoms with Crippen molar-refractivity contribution in [2.45, 2.75) is 65.0 Å². The van der Waals surface area contributed by atoms with E-state index in [1.54, 1.807) is 0 Å². The van der Waals surface area contributed by atoms with Crippen LogP contribution in [-0.2, 0) is 19.5 Å². The predicted molar refractivity (Wildman–Crippen MR) is 188 cm³/mol. The lowest BCUT2D eigenvalue weighted by molar-refractivity contribution is -0.0638. The molecule has 2 N–H and O–H groups in total. The first-order chi connectivity index (χ1) is 23.8. The van der Waals surface area contributed by atoms with E-state index in [1.807, 2.05) is 54.7 Å². The summed E-state index contributed by atoms with van der Waals surface area (Å²) in [6, 6.07) is 17.4. The van der Waals surface area contributed by atoms with E-state index in [9.17, 15) is 14.7 Å². The van der Waals surface area contributed by atoms with Gasteiger partial charge in [-0.15, -0.1) is 0 Å². The summed E-state index contributed by atoms with van der Waals surface area (Å²) in [5, 5.41) is 18.1. The lowest BCUT2D eigenvalue weighted by Crippen LogP contribution is -2.48. The summed E-state index contributed by atoms with van der Waals surface area (Å²) in [6.45, 7) is 4.07. The number of ether oxygens (including phenoxy) is 1. The lowest BCUT2D eigenvalue weighted by atomic mass is 9.49. The molecule has 4 heterocycles. The summed E-state index contributed by atoms with van der Waals surface area (Å²) < 4.78 is 8.46. The average Bonchev–Trinajstić information content (AvgIpc) is 3.65. The van der Waals surface area contributed by atoms with Gasteiger partial charge in [-0.2, -0.15) is 10.1 Å². The highest BCUT2D eigenvalue weighted by molar-refractivity contribution is 7.22. The molecule has 0 saturated heterocycles. The Balaban J connectivity index is 0.976. The van der Waals surface area contributed by atoms with Gasteiger partial charge in [0.15, 0.2) is 5.13 Å². The van der Waals surface area contributed by atoms with Gasteiger partial charge in [-0.1, -0.05) is 35.6 Å². The zero-order chi connectivity index (χ0) is 33.3. The van der Waals surface area contributed by atoms with Gasteiger partial charge in [-0.25, -0.2) is 9.78 Å².